The Balaban J connectivity index is 1.35. The Labute approximate surface area is 208 Å². The van der Waals surface area contributed by atoms with Crippen LogP contribution in [0.5, 0.6) is 0 Å². The van der Waals surface area contributed by atoms with Crippen molar-refractivity contribution in [3.05, 3.63) is 112 Å². The van der Waals surface area contributed by atoms with Crippen molar-refractivity contribution in [2.45, 2.75) is 13.0 Å². The molecule has 0 spiro atoms. The predicted molar refractivity (Wildman–Crippen MR) is 141 cm³/mol. The second kappa shape index (κ2) is 9.92. The molecule has 35 heavy (non-hydrogen) atoms. The number of aromatic nitrogens is 2. The number of nitrogens with one attached hydrogen (secondary N) is 2. The quantitative estimate of drug-likeness (QED) is 0.219. The van der Waals surface area contributed by atoms with E-state index < -0.39 is 0 Å². The standard InChI is InChI=1S/C29H23ClN4O/c30-26-10-4-1-7-21(26)18-34-19-23(25-9-3-6-12-28(25)34)15-22(16-31)29(35)32-14-13-20-17-33-27-11-5-2-8-24(20)27/h1-12,15,17,19,33H,13-14,18H2,(H,32,35)/b22-15-. The number of halogens is 1. The maximum atomic E-state index is 12.8. The fourth-order valence-corrected chi connectivity index (χ4v) is 4.58. The topological polar surface area (TPSA) is 73.6 Å². The summed E-state index contributed by atoms with van der Waals surface area (Å²) in [4.78, 5) is 16.1. The lowest BCUT2D eigenvalue weighted by Gasteiger charge is -2.07. The van der Waals surface area contributed by atoms with Crippen LogP contribution in [0.25, 0.3) is 27.9 Å². The molecule has 0 saturated heterocycles. The van der Waals surface area contributed by atoms with Gasteiger partial charge in [-0.05, 0) is 41.8 Å². The number of H-pyrrole nitrogens is 1. The summed E-state index contributed by atoms with van der Waals surface area (Å²) in [6.07, 6.45) is 6.26. The van der Waals surface area contributed by atoms with Crippen LogP contribution in [-0.2, 0) is 17.8 Å². The van der Waals surface area contributed by atoms with Crippen molar-refractivity contribution in [3.8, 4) is 6.07 Å². The zero-order chi connectivity index (χ0) is 24.2. The molecule has 1 amide bonds. The van der Waals surface area contributed by atoms with Crippen LogP contribution in [-0.4, -0.2) is 22.0 Å². The molecule has 0 aliphatic rings. The van der Waals surface area contributed by atoms with Gasteiger partial charge in [-0.3, -0.25) is 4.79 Å². The smallest absolute Gasteiger partial charge is 0.261 e. The minimum absolute atomic E-state index is 0.0737. The van der Waals surface area contributed by atoms with Gasteiger partial charge >= 0.3 is 0 Å². The molecule has 2 N–H and O–H groups in total. The molecule has 6 heteroatoms. The van der Waals surface area contributed by atoms with Gasteiger partial charge in [-0.1, -0.05) is 66.2 Å². The average molecular weight is 479 g/mol. The molecule has 0 atom stereocenters. The molecule has 172 valence electrons. The third-order valence-electron chi connectivity index (χ3n) is 6.14. The van der Waals surface area contributed by atoms with Gasteiger partial charge in [-0.25, -0.2) is 0 Å². The van der Waals surface area contributed by atoms with Crippen LogP contribution in [0.2, 0.25) is 5.02 Å². The minimum atomic E-state index is -0.379. The SMILES string of the molecule is N#C/C(=C/c1cn(Cc2ccccc2Cl)c2ccccc12)C(=O)NCCc1c[nH]c2ccccc12. The molecule has 5 rings (SSSR count). The van der Waals surface area contributed by atoms with E-state index in [1.54, 1.807) is 6.08 Å². The summed E-state index contributed by atoms with van der Waals surface area (Å²) in [5.74, 6) is -0.379. The first kappa shape index (κ1) is 22.5. The van der Waals surface area contributed by atoms with Crippen molar-refractivity contribution in [1.29, 1.82) is 5.26 Å². The highest BCUT2D eigenvalue weighted by molar-refractivity contribution is 6.31. The molecule has 5 aromatic rings. The normalized spacial score (nSPS) is 11.6. The van der Waals surface area contributed by atoms with Crippen molar-refractivity contribution in [2.75, 3.05) is 6.54 Å². The molecular formula is C29H23ClN4O. The van der Waals surface area contributed by atoms with Crippen molar-refractivity contribution in [2.24, 2.45) is 0 Å². The molecule has 0 unspecified atom stereocenters. The Morgan fingerprint density at radius 3 is 2.57 bits per heavy atom. The maximum absolute atomic E-state index is 12.8. The first-order valence-corrected chi connectivity index (χ1v) is 11.8. The van der Waals surface area contributed by atoms with Crippen LogP contribution in [0, 0.1) is 11.3 Å². The number of amides is 1. The summed E-state index contributed by atoms with van der Waals surface area (Å²) in [5, 5.41) is 15.4. The zero-order valence-corrected chi connectivity index (χ0v) is 19.7. The monoisotopic (exact) mass is 478 g/mol. The van der Waals surface area contributed by atoms with Gasteiger partial charge in [0, 0.05) is 57.9 Å². The fraction of sp³-hybridized carbons (Fsp3) is 0.103. The molecule has 5 nitrogen and oxygen atoms in total. The van der Waals surface area contributed by atoms with Crippen LogP contribution in [0.4, 0.5) is 0 Å². The second-order valence-electron chi connectivity index (χ2n) is 8.36. The Morgan fingerprint density at radius 1 is 1.00 bits per heavy atom. The number of rotatable bonds is 7. The molecule has 3 aromatic carbocycles. The van der Waals surface area contributed by atoms with Gasteiger partial charge in [0.1, 0.15) is 11.6 Å². The van der Waals surface area contributed by atoms with E-state index in [0.29, 0.717) is 24.5 Å². The summed E-state index contributed by atoms with van der Waals surface area (Å²) in [6.45, 7) is 1.03. The Morgan fingerprint density at radius 2 is 1.74 bits per heavy atom. The zero-order valence-electron chi connectivity index (χ0n) is 19.0. The first-order chi connectivity index (χ1) is 17.1. The van der Waals surface area contributed by atoms with Crippen LogP contribution in [0.15, 0.2) is 90.8 Å². The molecule has 0 radical (unpaired) electrons. The van der Waals surface area contributed by atoms with E-state index in [1.807, 2.05) is 79.1 Å². The van der Waals surface area contributed by atoms with Gasteiger partial charge in [0.05, 0.1) is 0 Å². The number of hydrogen-bond donors (Lipinski definition) is 2. The Bertz CT molecular complexity index is 1600. The number of benzene rings is 3. The molecule has 2 aromatic heterocycles. The highest BCUT2D eigenvalue weighted by Gasteiger charge is 2.13. The number of nitriles is 1. The van der Waals surface area contributed by atoms with Crippen LogP contribution in [0.1, 0.15) is 16.7 Å². The molecule has 0 saturated carbocycles. The Kier molecular flexibility index (Phi) is 6.38. The second-order valence-corrected chi connectivity index (χ2v) is 8.76. The van der Waals surface area contributed by atoms with E-state index in [-0.39, 0.29) is 11.5 Å². The maximum Gasteiger partial charge on any atom is 0.261 e. The molecular weight excluding hydrogens is 456 g/mol. The summed E-state index contributed by atoms with van der Waals surface area (Å²) in [5.41, 5.74) is 5.10. The number of fused-ring (bicyclic) bond motifs is 2. The largest absolute Gasteiger partial charge is 0.361 e. The van der Waals surface area contributed by atoms with E-state index in [9.17, 15) is 10.1 Å². The van der Waals surface area contributed by atoms with Crippen LogP contribution < -0.4 is 5.32 Å². The highest BCUT2D eigenvalue weighted by atomic mass is 35.5. The van der Waals surface area contributed by atoms with E-state index in [0.717, 1.165) is 38.5 Å². The summed E-state index contributed by atoms with van der Waals surface area (Å²) in [7, 11) is 0. The molecule has 0 fully saturated rings. The van der Waals surface area contributed by atoms with Crippen molar-refractivity contribution in [3.63, 3.8) is 0 Å². The first-order valence-electron chi connectivity index (χ1n) is 11.4. The fourth-order valence-electron chi connectivity index (χ4n) is 4.38. The number of carbonyl (C=O) groups is 1. The lowest BCUT2D eigenvalue weighted by Crippen LogP contribution is -2.26. The number of carbonyl (C=O) groups excluding carboxylic acids is 1. The summed E-state index contributed by atoms with van der Waals surface area (Å²) >= 11 is 6.37. The lowest BCUT2D eigenvalue weighted by molar-refractivity contribution is -0.117. The van der Waals surface area contributed by atoms with Gasteiger partial charge in [-0.2, -0.15) is 5.26 Å². The van der Waals surface area contributed by atoms with E-state index >= 15 is 0 Å². The number of para-hydroxylation sites is 2. The minimum Gasteiger partial charge on any atom is -0.361 e. The van der Waals surface area contributed by atoms with Crippen LogP contribution >= 0.6 is 11.6 Å². The average Bonchev–Trinajstić information content (AvgIpc) is 3.45. The van der Waals surface area contributed by atoms with Gasteiger partial charge in [-0.15, -0.1) is 0 Å². The van der Waals surface area contributed by atoms with E-state index in [2.05, 4.69) is 27.0 Å². The van der Waals surface area contributed by atoms with Crippen molar-refractivity contribution in [1.82, 2.24) is 14.9 Å². The van der Waals surface area contributed by atoms with Crippen LogP contribution in [0.3, 0.4) is 0 Å². The third kappa shape index (κ3) is 4.70. The van der Waals surface area contributed by atoms with Gasteiger partial charge < -0.3 is 14.9 Å². The Hall–Kier alpha value is -4.27. The predicted octanol–water partition coefficient (Wildman–Crippen LogP) is 6.09. The van der Waals surface area contributed by atoms with E-state index in [4.69, 9.17) is 11.6 Å². The highest BCUT2D eigenvalue weighted by Crippen LogP contribution is 2.26. The number of aromatic amines is 1. The van der Waals surface area contributed by atoms with Crippen molar-refractivity contribution < 1.29 is 4.79 Å². The van der Waals surface area contributed by atoms with Gasteiger partial charge in [0.15, 0.2) is 0 Å². The third-order valence-corrected chi connectivity index (χ3v) is 6.51. The van der Waals surface area contributed by atoms with Gasteiger partial charge in [0.25, 0.3) is 5.91 Å². The summed E-state index contributed by atoms with van der Waals surface area (Å²) in [6, 6.07) is 25.8. The number of nitrogens with zero attached hydrogens (tertiary/aromatic N) is 2. The van der Waals surface area contributed by atoms with E-state index in [1.165, 1.54) is 0 Å². The summed E-state index contributed by atoms with van der Waals surface area (Å²) < 4.78 is 2.09. The molecule has 2 heterocycles. The number of hydrogen-bond acceptors (Lipinski definition) is 2. The van der Waals surface area contributed by atoms with Gasteiger partial charge in [0.2, 0.25) is 0 Å². The molecule has 0 aliphatic heterocycles. The molecule has 0 aliphatic carbocycles. The molecule has 0 bridgehead atoms. The lowest BCUT2D eigenvalue weighted by atomic mass is 10.1. The van der Waals surface area contributed by atoms with Crippen molar-refractivity contribution >= 4 is 45.4 Å².